The summed E-state index contributed by atoms with van der Waals surface area (Å²) >= 11 is 12.0. The molecule has 1 aliphatic heterocycles. The molecule has 2 amide bonds. The molecule has 6 nitrogen and oxygen atoms in total. The van der Waals surface area contributed by atoms with Crippen LogP contribution >= 0.6 is 23.2 Å². The SMILES string of the molecule is CCOC(=O)c1ccccc1N1C(=O)C(Cl)=C(Nc2ccc(Cl)cc2)C1=O. The molecule has 27 heavy (non-hydrogen) atoms. The standard InChI is InChI=1S/C19H14Cl2N2O4/c1-2-27-19(26)13-5-3-4-6-14(13)23-17(24)15(21)16(18(23)25)22-12-9-7-11(20)8-10-12/h3-10,22H,2H2,1H3. The molecule has 0 aromatic heterocycles. The summed E-state index contributed by atoms with van der Waals surface area (Å²) in [4.78, 5) is 38.5. The summed E-state index contributed by atoms with van der Waals surface area (Å²) in [6, 6.07) is 12.7. The van der Waals surface area contributed by atoms with E-state index in [1.807, 2.05) is 0 Å². The first-order valence-corrected chi connectivity index (χ1v) is 8.77. The fourth-order valence-corrected chi connectivity index (χ4v) is 2.90. The fraction of sp³-hybridized carbons (Fsp3) is 0.105. The third kappa shape index (κ3) is 3.67. The van der Waals surface area contributed by atoms with E-state index in [0.717, 1.165) is 4.90 Å². The van der Waals surface area contributed by atoms with Crippen LogP contribution in [0.15, 0.2) is 59.3 Å². The lowest BCUT2D eigenvalue weighted by Gasteiger charge is -2.18. The Morgan fingerprint density at radius 1 is 1.04 bits per heavy atom. The number of esters is 1. The molecule has 0 bridgehead atoms. The van der Waals surface area contributed by atoms with Crippen LogP contribution < -0.4 is 10.2 Å². The smallest absolute Gasteiger partial charge is 0.340 e. The number of anilines is 2. The van der Waals surface area contributed by atoms with Crippen molar-refractivity contribution in [3.05, 3.63) is 69.8 Å². The largest absolute Gasteiger partial charge is 0.462 e. The molecule has 0 radical (unpaired) electrons. The van der Waals surface area contributed by atoms with Crippen LogP contribution in [0, 0.1) is 0 Å². The van der Waals surface area contributed by atoms with Crippen LogP contribution in [-0.4, -0.2) is 24.4 Å². The van der Waals surface area contributed by atoms with Gasteiger partial charge in [-0.05, 0) is 43.3 Å². The summed E-state index contributed by atoms with van der Waals surface area (Å²) < 4.78 is 5.00. The highest BCUT2D eigenvalue weighted by molar-refractivity contribution is 6.53. The lowest BCUT2D eigenvalue weighted by molar-refractivity contribution is -0.120. The number of imide groups is 1. The summed E-state index contributed by atoms with van der Waals surface area (Å²) in [7, 11) is 0. The van der Waals surface area contributed by atoms with Crippen molar-refractivity contribution in [2.45, 2.75) is 6.92 Å². The van der Waals surface area contributed by atoms with Crippen molar-refractivity contribution in [1.29, 1.82) is 0 Å². The maximum absolute atomic E-state index is 12.9. The number of nitrogens with one attached hydrogen (secondary N) is 1. The van der Waals surface area contributed by atoms with E-state index in [9.17, 15) is 14.4 Å². The molecule has 138 valence electrons. The van der Waals surface area contributed by atoms with E-state index < -0.39 is 17.8 Å². The van der Waals surface area contributed by atoms with E-state index in [1.165, 1.54) is 12.1 Å². The highest BCUT2D eigenvalue weighted by Gasteiger charge is 2.40. The highest BCUT2D eigenvalue weighted by Crippen LogP contribution is 2.32. The van der Waals surface area contributed by atoms with Gasteiger partial charge in [-0.2, -0.15) is 0 Å². The Kier molecular flexibility index (Phi) is 5.48. The molecule has 0 spiro atoms. The zero-order valence-electron chi connectivity index (χ0n) is 14.2. The second-order valence-electron chi connectivity index (χ2n) is 5.50. The van der Waals surface area contributed by atoms with E-state index in [0.29, 0.717) is 10.7 Å². The van der Waals surface area contributed by atoms with E-state index in [-0.39, 0.29) is 28.6 Å². The minimum atomic E-state index is -0.727. The number of carbonyl (C=O) groups is 3. The molecule has 1 heterocycles. The quantitative estimate of drug-likeness (QED) is 0.602. The number of rotatable bonds is 5. The molecule has 0 unspecified atom stereocenters. The first-order valence-electron chi connectivity index (χ1n) is 8.01. The molecule has 3 rings (SSSR count). The van der Waals surface area contributed by atoms with Crippen LogP contribution in [0.5, 0.6) is 0 Å². The van der Waals surface area contributed by atoms with Crippen LogP contribution in [0.2, 0.25) is 5.02 Å². The van der Waals surface area contributed by atoms with Crippen molar-refractivity contribution in [2.75, 3.05) is 16.8 Å². The Morgan fingerprint density at radius 3 is 2.37 bits per heavy atom. The van der Waals surface area contributed by atoms with Gasteiger partial charge in [0.2, 0.25) is 0 Å². The Morgan fingerprint density at radius 2 is 1.70 bits per heavy atom. The maximum atomic E-state index is 12.9. The number of carbonyl (C=O) groups excluding carboxylic acids is 3. The Hall–Kier alpha value is -2.83. The van der Waals surface area contributed by atoms with Crippen molar-refractivity contribution in [1.82, 2.24) is 0 Å². The minimum absolute atomic E-state index is 0.0809. The van der Waals surface area contributed by atoms with Crippen molar-refractivity contribution in [2.24, 2.45) is 0 Å². The second kappa shape index (κ2) is 7.82. The molecule has 1 aliphatic rings. The number of benzene rings is 2. The zero-order chi connectivity index (χ0) is 19.6. The topological polar surface area (TPSA) is 75.7 Å². The molecule has 8 heteroatoms. The van der Waals surface area contributed by atoms with Crippen molar-refractivity contribution in [3.63, 3.8) is 0 Å². The van der Waals surface area contributed by atoms with Gasteiger partial charge in [0.05, 0.1) is 17.9 Å². The monoisotopic (exact) mass is 404 g/mol. The second-order valence-corrected chi connectivity index (χ2v) is 6.32. The lowest BCUT2D eigenvalue weighted by atomic mass is 10.1. The fourth-order valence-electron chi connectivity index (χ4n) is 2.56. The van der Waals surface area contributed by atoms with Crippen molar-refractivity contribution >= 4 is 52.4 Å². The lowest BCUT2D eigenvalue weighted by Crippen LogP contribution is -2.33. The first-order chi connectivity index (χ1) is 12.9. The van der Waals surface area contributed by atoms with Crippen LogP contribution in [0.25, 0.3) is 0 Å². The summed E-state index contributed by atoms with van der Waals surface area (Å²) in [6.45, 7) is 1.83. The van der Waals surface area contributed by atoms with Crippen LogP contribution in [0.1, 0.15) is 17.3 Å². The van der Waals surface area contributed by atoms with Gasteiger partial charge < -0.3 is 10.1 Å². The number of halogens is 2. The van der Waals surface area contributed by atoms with E-state index in [2.05, 4.69) is 5.32 Å². The molecule has 0 aliphatic carbocycles. The molecule has 0 saturated carbocycles. The number of hydrogen-bond acceptors (Lipinski definition) is 5. The van der Waals surface area contributed by atoms with Crippen LogP contribution in [0.4, 0.5) is 11.4 Å². The van der Waals surface area contributed by atoms with Gasteiger partial charge >= 0.3 is 5.97 Å². The van der Waals surface area contributed by atoms with Crippen LogP contribution in [-0.2, 0) is 14.3 Å². The molecule has 0 atom stereocenters. The average Bonchev–Trinajstić information content (AvgIpc) is 2.87. The van der Waals surface area contributed by atoms with E-state index in [1.54, 1.807) is 43.3 Å². The minimum Gasteiger partial charge on any atom is -0.462 e. The third-order valence-corrected chi connectivity index (χ3v) is 4.38. The van der Waals surface area contributed by atoms with Gasteiger partial charge in [-0.25, -0.2) is 9.69 Å². The van der Waals surface area contributed by atoms with Gasteiger partial charge in [0.1, 0.15) is 10.7 Å². The molecule has 0 saturated heterocycles. The summed E-state index contributed by atoms with van der Waals surface area (Å²) in [5.74, 6) is -2.03. The van der Waals surface area contributed by atoms with Gasteiger partial charge in [-0.1, -0.05) is 35.3 Å². The molecule has 2 aromatic rings. The number of para-hydroxylation sites is 1. The summed E-state index contributed by atoms with van der Waals surface area (Å²) in [5, 5.41) is 3.09. The first kappa shape index (κ1) is 18.9. The normalized spacial score (nSPS) is 14.0. The van der Waals surface area contributed by atoms with Crippen LogP contribution in [0.3, 0.4) is 0 Å². The Balaban J connectivity index is 1.94. The number of hydrogen-bond donors (Lipinski definition) is 1. The van der Waals surface area contributed by atoms with E-state index in [4.69, 9.17) is 27.9 Å². The van der Waals surface area contributed by atoms with Gasteiger partial charge in [0.25, 0.3) is 11.8 Å². The predicted molar refractivity (Wildman–Crippen MR) is 103 cm³/mol. The van der Waals surface area contributed by atoms with Crippen molar-refractivity contribution < 1.29 is 19.1 Å². The number of nitrogens with zero attached hydrogens (tertiary/aromatic N) is 1. The van der Waals surface area contributed by atoms with Gasteiger partial charge in [-0.15, -0.1) is 0 Å². The Bertz CT molecular complexity index is 954. The zero-order valence-corrected chi connectivity index (χ0v) is 15.7. The number of amides is 2. The maximum Gasteiger partial charge on any atom is 0.340 e. The highest BCUT2D eigenvalue weighted by atomic mass is 35.5. The molecule has 0 fully saturated rings. The summed E-state index contributed by atoms with van der Waals surface area (Å²) in [5.41, 5.74) is 0.659. The summed E-state index contributed by atoms with van der Waals surface area (Å²) in [6.07, 6.45) is 0. The number of ether oxygens (including phenoxy) is 1. The van der Waals surface area contributed by atoms with E-state index >= 15 is 0 Å². The van der Waals surface area contributed by atoms with Gasteiger partial charge in [-0.3, -0.25) is 9.59 Å². The molecular weight excluding hydrogens is 391 g/mol. The van der Waals surface area contributed by atoms with Gasteiger partial charge in [0.15, 0.2) is 0 Å². The third-order valence-electron chi connectivity index (χ3n) is 3.78. The Labute approximate surface area is 165 Å². The predicted octanol–water partition coefficient (Wildman–Crippen LogP) is 3.95. The molecular formula is C19H14Cl2N2O4. The van der Waals surface area contributed by atoms with Gasteiger partial charge in [0, 0.05) is 10.7 Å². The van der Waals surface area contributed by atoms with Crippen molar-refractivity contribution in [3.8, 4) is 0 Å². The average molecular weight is 405 g/mol. The molecule has 1 N–H and O–H groups in total. The molecule has 2 aromatic carbocycles.